The summed E-state index contributed by atoms with van der Waals surface area (Å²) in [6.07, 6.45) is 8.09. The van der Waals surface area contributed by atoms with Gasteiger partial charge in [0, 0.05) is 25.7 Å². The van der Waals surface area contributed by atoms with Crippen LogP contribution in [0.2, 0.25) is 0 Å². The number of hydrogen-bond donors (Lipinski definition) is 2. The van der Waals surface area contributed by atoms with Gasteiger partial charge in [-0.15, -0.1) is 0 Å². The molecule has 2 fully saturated rings. The number of ether oxygens (including phenoxy) is 1. The maximum absolute atomic E-state index is 6.00. The molecule has 1 saturated carbocycles. The van der Waals surface area contributed by atoms with Crippen LogP contribution in [0.15, 0.2) is 12.1 Å². The van der Waals surface area contributed by atoms with Gasteiger partial charge in [0.15, 0.2) is 0 Å². The van der Waals surface area contributed by atoms with E-state index < -0.39 is 0 Å². The van der Waals surface area contributed by atoms with E-state index in [4.69, 9.17) is 15.5 Å². The zero-order valence-corrected chi connectivity index (χ0v) is 16.7. The van der Waals surface area contributed by atoms with Crippen LogP contribution in [0.5, 0.6) is 0 Å². The van der Waals surface area contributed by atoms with Gasteiger partial charge in [0.2, 0.25) is 0 Å². The molecule has 1 aromatic rings. The number of morpholine rings is 1. The molecule has 0 amide bonds. The maximum atomic E-state index is 6.00. The molecule has 2 aliphatic rings. The van der Waals surface area contributed by atoms with Crippen LogP contribution < -0.4 is 16.0 Å². The molecule has 5 heteroatoms. The molecule has 2 unspecified atom stereocenters. The van der Waals surface area contributed by atoms with Crippen molar-refractivity contribution in [3.8, 4) is 0 Å². The third-order valence-electron chi connectivity index (χ3n) is 5.81. The SMILES string of the molecule is Cc1nc(N2CC(C)OC(C)C2)ccc1NCCCC1CCC(N)CC1. The molecule has 1 aromatic heterocycles. The van der Waals surface area contributed by atoms with Crippen LogP contribution in [0, 0.1) is 12.8 Å². The third kappa shape index (κ3) is 5.34. The lowest BCUT2D eigenvalue weighted by molar-refractivity contribution is -0.00546. The first kappa shape index (κ1) is 19.4. The van der Waals surface area contributed by atoms with Crippen LogP contribution in [0.4, 0.5) is 11.5 Å². The van der Waals surface area contributed by atoms with Crippen LogP contribution in [0.3, 0.4) is 0 Å². The number of hydrogen-bond acceptors (Lipinski definition) is 5. The van der Waals surface area contributed by atoms with Crippen molar-refractivity contribution < 1.29 is 4.74 Å². The largest absolute Gasteiger partial charge is 0.384 e. The Labute approximate surface area is 158 Å². The van der Waals surface area contributed by atoms with Gasteiger partial charge in [-0.2, -0.15) is 0 Å². The molecule has 5 nitrogen and oxygen atoms in total. The van der Waals surface area contributed by atoms with Gasteiger partial charge in [-0.25, -0.2) is 4.98 Å². The van der Waals surface area contributed by atoms with Gasteiger partial charge in [0.1, 0.15) is 5.82 Å². The molecule has 1 aliphatic carbocycles. The molecule has 0 bridgehead atoms. The Morgan fingerprint density at radius 2 is 1.85 bits per heavy atom. The van der Waals surface area contributed by atoms with E-state index in [0.29, 0.717) is 6.04 Å². The van der Waals surface area contributed by atoms with Gasteiger partial charge in [-0.1, -0.05) is 0 Å². The molecule has 0 radical (unpaired) electrons. The molecule has 0 spiro atoms. The fraction of sp³-hybridized carbons (Fsp3) is 0.762. The van der Waals surface area contributed by atoms with Crippen molar-refractivity contribution in [2.24, 2.45) is 11.7 Å². The average molecular weight is 361 g/mol. The molecule has 3 N–H and O–H groups in total. The van der Waals surface area contributed by atoms with E-state index in [-0.39, 0.29) is 12.2 Å². The molecular formula is C21H36N4O. The second kappa shape index (κ2) is 9.05. The molecule has 1 saturated heterocycles. The van der Waals surface area contributed by atoms with E-state index >= 15 is 0 Å². The highest BCUT2D eigenvalue weighted by Crippen LogP contribution is 2.27. The lowest BCUT2D eigenvalue weighted by Gasteiger charge is -2.36. The van der Waals surface area contributed by atoms with E-state index in [1.54, 1.807) is 0 Å². The number of nitrogens with zero attached hydrogens (tertiary/aromatic N) is 2. The molecule has 3 rings (SSSR count). The van der Waals surface area contributed by atoms with Gasteiger partial charge in [-0.3, -0.25) is 0 Å². The topological polar surface area (TPSA) is 63.4 Å². The molecular weight excluding hydrogens is 324 g/mol. The Hall–Kier alpha value is -1.33. The van der Waals surface area contributed by atoms with Crippen molar-refractivity contribution >= 4 is 11.5 Å². The zero-order chi connectivity index (χ0) is 18.5. The lowest BCUT2D eigenvalue weighted by atomic mass is 9.84. The maximum Gasteiger partial charge on any atom is 0.129 e. The number of anilines is 2. The summed E-state index contributed by atoms with van der Waals surface area (Å²) in [5, 5.41) is 3.58. The number of aryl methyl sites for hydroxylation is 1. The summed E-state index contributed by atoms with van der Waals surface area (Å²) in [5.74, 6) is 1.94. The Bertz CT molecular complexity index is 561. The molecule has 0 aromatic carbocycles. The van der Waals surface area contributed by atoms with E-state index in [2.05, 4.69) is 43.1 Å². The number of nitrogens with two attached hydrogens (primary N) is 1. The summed E-state index contributed by atoms with van der Waals surface area (Å²) in [4.78, 5) is 7.17. The fourth-order valence-electron chi connectivity index (χ4n) is 4.37. The van der Waals surface area contributed by atoms with Crippen LogP contribution >= 0.6 is 0 Å². The zero-order valence-electron chi connectivity index (χ0n) is 16.7. The Morgan fingerprint density at radius 1 is 1.15 bits per heavy atom. The molecule has 2 heterocycles. The third-order valence-corrected chi connectivity index (χ3v) is 5.81. The van der Waals surface area contributed by atoms with Crippen molar-refractivity contribution in [1.82, 2.24) is 4.98 Å². The second-order valence-electron chi connectivity index (χ2n) is 8.31. The normalized spacial score (nSPS) is 29.6. The number of aromatic nitrogens is 1. The Morgan fingerprint density at radius 3 is 2.50 bits per heavy atom. The highest BCUT2D eigenvalue weighted by atomic mass is 16.5. The van der Waals surface area contributed by atoms with Gasteiger partial charge < -0.3 is 20.7 Å². The molecule has 26 heavy (non-hydrogen) atoms. The van der Waals surface area contributed by atoms with Gasteiger partial charge in [0.05, 0.1) is 23.6 Å². The monoisotopic (exact) mass is 360 g/mol. The first-order chi connectivity index (χ1) is 12.5. The van der Waals surface area contributed by atoms with Crippen molar-refractivity contribution in [2.75, 3.05) is 29.9 Å². The first-order valence-electron chi connectivity index (χ1n) is 10.4. The van der Waals surface area contributed by atoms with Gasteiger partial charge >= 0.3 is 0 Å². The van der Waals surface area contributed by atoms with Gasteiger partial charge in [-0.05, 0) is 77.3 Å². The van der Waals surface area contributed by atoms with Crippen molar-refractivity contribution in [2.45, 2.75) is 77.5 Å². The first-order valence-corrected chi connectivity index (χ1v) is 10.4. The van der Waals surface area contributed by atoms with E-state index in [9.17, 15) is 0 Å². The van der Waals surface area contributed by atoms with E-state index in [1.807, 2.05) is 0 Å². The summed E-state index contributed by atoms with van der Waals surface area (Å²) in [6, 6.07) is 4.78. The number of rotatable bonds is 6. The summed E-state index contributed by atoms with van der Waals surface area (Å²) in [7, 11) is 0. The van der Waals surface area contributed by atoms with Gasteiger partial charge in [0.25, 0.3) is 0 Å². The van der Waals surface area contributed by atoms with E-state index in [1.165, 1.54) is 38.5 Å². The predicted molar refractivity (Wildman–Crippen MR) is 109 cm³/mol. The molecule has 146 valence electrons. The average Bonchev–Trinajstić information content (AvgIpc) is 2.60. The van der Waals surface area contributed by atoms with E-state index in [0.717, 1.165) is 42.8 Å². The van der Waals surface area contributed by atoms with Crippen molar-refractivity contribution in [3.05, 3.63) is 17.8 Å². The minimum atomic E-state index is 0.257. The van der Waals surface area contributed by atoms with Crippen molar-refractivity contribution in [3.63, 3.8) is 0 Å². The molecule has 1 aliphatic heterocycles. The summed E-state index contributed by atoms with van der Waals surface area (Å²) in [6.45, 7) is 9.21. The summed E-state index contributed by atoms with van der Waals surface area (Å²) < 4.78 is 5.82. The van der Waals surface area contributed by atoms with Crippen LogP contribution in [0.1, 0.15) is 58.1 Å². The van der Waals surface area contributed by atoms with Crippen LogP contribution in [-0.2, 0) is 4.74 Å². The van der Waals surface area contributed by atoms with Crippen LogP contribution in [-0.4, -0.2) is 42.9 Å². The predicted octanol–water partition coefficient (Wildman–Crippen LogP) is 3.71. The van der Waals surface area contributed by atoms with Crippen molar-refractivity contribution in [1.29, 1.82) is 0 Å². The number of nitrogens with one attached hydrogen (secondary N) is 1. The second-order valence-corrected chi connectivity index (χ2v) is 8.31. The molecule has 2 atom stereocenters. The quantitative estimate of drug-likeness (QED) is 0.757. The smallest absolute Gasteiger partial charge is 0.129 e. The van der Waals surface area contributed by atoms with Crippen LogP contribution in [0.25, 0.3) is 0 Å². The highest BCUT2D eigenvalue weighted by molar-refractivity contribution is 5.53. The Kier molecular flexibility index (Phi) is 6.76. The standard InChI is InChI=1S/C21H36N4O/c1-15-13-25(14-16(2)26-15)21-11-10-20(17(3)24-21)23-12-4-5-18-6-8-19(22)9-7-18/h10-11,15-16,18-19,23H,4-9,12-14,22H2,1-3H3. The fourth-order valence-corrected chi connectivity index (χ4v) is 4.37. The Balaban J connectivity index is 1.45. The number of pyridine rings is 1. The summed E-state index contributed by atoms with van der Waals surface area (Å²) >= 11 is 0. The minimum Gasteiger partial charge on any atom is -0.384 e. The minimum absolute atomic E-state index is 0.257. The summed E-state index contributed by atoms with van der Waals surface area (Å²) in [5.41, 5.74) is 8.24. The lowest BCUT2D eigenvalue weighted by Crippen LogP contribution is -2.45. The highest BCUT2D eigenvalue weighted by Gasteiger charge is 2.23.